The first kappa shape index (κ1) is 40.6. The lowest BCUT2D eigenvalue weighted by molar-refractivity contribution is -0.135. The molecule has 0 spiro atoms. The van der Waals surface area contributed by atoms with Gasteiger partial charge in [0.2, 0.25) is 23.6 Å². The molecular weight excluding hydrogens is 654 g/mol. The van der Waals surface area contributed by atoms with Crippen LogP contribution >= 0.6 is 0 Å². The monoisotopic (exact) mass is 709 g/mol. The molecule has 51 heavy (non-hydrogen) atoms. The summed E-state index contributed by atoms with van der Waals surface area (Å²) in [7, 11) is 4.81. The molecule has 13 nitrogen and oxygen atoms in total. The molecule has 0 radical (unpaired) electrons. The summed E-state index contributed by atoms with van der Waals surface area (Å²) in [6.07, 6.45) is 2.57. The molecule has 280 valence electrons. The van der Waals surface area contributed by atoms with Gasteiger partial charge in [0.05, 0.1) is 31.9 Å². The third kappa shape index (κ3) is 13.4. The number of rotatable bonds is 10. The number of benzene rings is 2. The number of aryl methyl sites for hydroxylation is 1. The number of nitrogens with one attached hydrogen (secondary N) is 3. The van der Waals surface area contributed by atoms with Crippen LogP contribution in [0.5, 0.6) is 17.2 Å². The first-order valence-corrected chi connectivity index (χ1v) is 17.8. The summed E-state index contributed by atoms with van der Waals surface area (Å²) in [5.41, 5.74) is 1.24. The van der Waals surface area contributed by atoms with Crippen LogP contribution in [0.2, 0.25) is 0 Å². The average molecular weight is 710 g/mol. The Kier molecular flexibility index (Phi) is 16.5. The van der Waals surface area contributed by atoms with Gasteiger partial charge < -0.3 is 40.0 Å². The van der Waals surface area contributed by atoms with Crippen molar-refractivity contribution in [3.63, 3.8) is 0 Å². The molecule has 1 aliphatic rings. The topological polar surface area (TPSA) is 156 Å². The van der Waals surface area contributed by atoms with Gasteiger partial charge in [0.15, 0.2) is 11.5 Å². The average Bonchev–Trinajstić information content (AvgIpc) is 3.10. The molecule has 0 saturated carbocycles. The lowest BCUT2D eigenvalue weighted by atomic mass is 10.0. The highest BCUT2D eigenvalue weighted by atomic mass is 16.5. The van der Waals surface area contributed by atoms with Crippen molar-refractivity contribution in [2.24, 2.45) is 5.92 Å². The van der Waals surface area contributed by atoms with E-state index in [0.29, 0.717) is 62.6 Å². The van der Waals surface area contributed by atoms with Gasteiger partial charge in [-0.2, -0.15) is 0 Å². The Morgan fingerprint density at radius 3 is 2.47 bits per heavy atom. The van der Waals surface area contributed by atoms with Crippen molar-refractivity contribution in [1.29, 1.82) is 0 Å². The zero-order chi connectivity index (χ0) is 37.3. The van der Waals surface area contributed by atoms with E-state index in [9.17, 15) is 24.0 Å². The number of carbonyl (C=O) groups excluding carboxylic acids is 5. The lowest BCUT2D eigenvalue weighted by Crippen LogP contribution is -2.48. The van der Waals surface area contributed by atoms with Gasteiger partial charge in [-0.15, -0.1) is 0 Å². The molecule has 0 bridgehead atoms. The predicted octanol–water partition coefficient (Wildman–Crippen LogP) is 3.34. The third-order valence-electron chi connectivity index (χ3n) is 8.55. The van der Waals surface area contributed by atoms with Crippen molar-refractivity contribution in [2.45, 2.75) is 77.8 Å². The summed E-state index contributed by atoms with van der Waals surface area (Å²) in [6, 6.07) is 11.1. The van der Waals surface area contributed by atoms with E-state index in [4.69, 9.17) is 14.2 Å². The Labute approximate surface area is 301 Å². The van der Waals surface area contributed by atoms with Gasteiger partial charge in [0.25, 0.3) is 5.91 Å². The second-order valence-corrected chi connectivity index (χ2v) is 13.2. The van der Waals surface area contributed by atoms with Crippen LogP contribution in [0.3, 0.4) is 0 Å². The molecule has 2 aromatic carbocycles. The Balaban J connectivity index is 1.77. The largest absolute Gasteiger partial charge is 0.493 e. The minimum Gasteiger partial charge on any atom is -0.493 e. The predicted molar refractivity (Wildman–Crippen MR) is 194 cm³/mol. The number of carbonyl (C=O) groups is 5. The highest BCUT2D eigenvalue weighted by Crippen LogP contribution is 2.28. The van der Waals surface area contributed by atoms with Crippen molar-refractivity contribution in [2.75, 3.05) is 54.1 Å². The number of fused-ring (bicyclic) bond motifs is 1. The van der Waals surface area contributed by atoms with E-state index in [1.54, 1.807) is 45.5 Å². The van der Waals surface area contributed by atoms with E-state index in [1.807, 2.05) is 39.0 Å². The minimum atomic E-state index is -0.998. The standard InChI is InChI=1S/C38H55N5O8/c1-7-50-32-18-16-27(23-33(32)49-6)12-10-20-39-38(48)30-17-19-36(46)42(4)21-11-15-35(45)43(5)24-34(44)40-28(22-26(2)3)25-51-31-14-9-8-13-29(31)37(47)41-30/h8-9,13-14,16,18,23,26,28,30H,7,10-12,15,17,19-22,24-25H2,1-6H3,(H,39,48)(H,40,44)(H,41,47)/t28-,30-/m0/s1. The van der Waals surface area contributed by atoms with Crippen molar-refractivity contribution in [3.05, 3.63) is 53.6 Å². The van der Waals surface area contributed by atoms with E-state index >= 15 is 0 Å². The summed E-state index contributed by atoms with van der Waals surface area (Å²) in [6.45, 7) is 7.15. The van der Waals surface area contributed by atoms with E-state index in [-0.39, 0.29) is 67.7 Å². The summed E-state index contributed by atoms with van der Waals surface area (Å²) in [5, 5.41) is 8.73. The number of nitrogens with zero attached hydrogens (tertiary/aromatic N) is 2. The zero-order valence-corrected chi connectivity index (χ0v) is 30.9. The number of para-hydroxylation sites is 1. The quantitative estimate of drug-likeness (QED) is 0.318. The van der Waals surface area contributed by atoms with Gasteiger partial charge in [-0.05, 0) is 74.8 Å². The zero-order valence-electron chi connectivity index (χ0n) is 30.9. The van der Waals surface area contributed by atoms with Crippen LogP contribution in [0.25, 0.3) is 0 Å². The molecule has 3 rings (SSSR count). The first-order valence-electron chi connectivity index (χ1n) is 17.8. The SMILES string of the molecule is CCOc1ccc(CCCNC(=O)[C@@H]2CCC(=O)N(C)CCCC(=O)N(C)CC(=O)N[C@@H](CC(C)C)COc3ccccc3C(=O)N2)cc1OC. The molecule has 0 aromatic heterocycles. The molecule has 0 aliphatic carbocycles. The Hall–Kier alpha value is -4.81. The first-order chi connectivity index (χ1) is 24.4. The van der Waals surface area contributed by atoms with Crippen molar-refractivity contribution < 1.29 is 38.2 Å². The van der Waals surface area contributed by atoms with Gasteiger partial charge >= 0.3 is 0 Å². The number of methoxy groups -OCH3 is 1. The fraction of sp³-hybridized carbons (Fsp3) is 0.553. The smallest absolute Gasteiger partial charge is 0.255 e. The molecular formula is C38H55N5O8. The van der Waals surface area contributed by atoms with Gasteiger partial charge in [0, 0.05) is 40.0 Å². The lowest BCUT2D eigenvalue weighted by Gasteiger charge is -2.25. The number of hydrogen-bond acceptors (Lipinski definition) is 8. The molecule has 0 saturated heterocycles. The highest BCUT2D eigenvalue weighted by Gasteiger charge is 2.26. The van der Waals surface area contributed by atoms with Gasteiger partial charge in [-0.1, -0.05) is 32.0 Å². The maximum atomic E-state index is 13.7. The van der Waals surface area contributed by atoms with Crippen molar-refractivity contribution >= 4 is 29.5 Å². The van der Waals surface area contributed by atoms with Crippen LogP contribution in [-0.4, -0.2) is 105 Å². The Bertz CT molecular complexity index is 1480. The molecule has 1 aliphatic heterocycles. The van der Waals surface area contributed by atoms with Crippen LogP contribution in [0.1, 0.15) is 75.2 Å². The fourth-order valence-electron chi connectivity index (χ4n) is 5.80. The highest BCUT2D eigenvalue weighted by molar-refractivity contribution is 5.99. The Morgan fingerprint density at radius 2 is 1.75 bits per heavy atom. The maximum absolute atomic E-state index is 13.7. The number of amides is 5. The van der Waals surface area contributed by atoms with E-state index in [1.165, 1.54) is 9.80 Å². The number of hydrogen-bond donors (Lipinski definition) is 3. The molecule has 5 amide bonds. The summed E-state index contributed by atoms with van der Waals surface area (Å²) in [5.74, 6) is 0.172. The normalized spacial score (nSPS) is 18.6. The minimum absolute atomic E-state index is 0.00386. The van der Waals surface area contributed by atoms with Gasteiger partial charge in [-0.25, -0.2) is 0 Å². The summed E-state index contributed by atoms with van der Waals surface area (Å²) < 4.78 is 17.1. The summed E-state index contributed by atoms with van der Waals surface area (Å²) in [4.78, 5) is 68.8. The van der Waals surface area contributed by atoms with Crippen LogP contribution < -0.4 is 30.2 Å². The number of likely N-dealkylation sites (N-methyl/N-ethyl adjacent to an activating group) is 1. The van der Waals surface area contributed by atoms with E-state index in [0.717, 1.165) is 5.56 Å². The van der Waals surface area contributed by atoms with Crippen LogP contribution in [-0.2, 0) is 25.6 Å². The maximum Gasteiger partial charge on any atom is 0.255 e. The third-order valence-corrected chi connectivity index (χ3v) is 8.55. The van der Waals surface area contributed by atoms with Crippen LogP contribution in [0.15, 0.2) is 42.5 Å². The van der Waals surface area contributed by atoms with Crippen LogP contribution in [0.4, 0.5) is 0 Å². The Morgan fingerprint density at radius 1 is 1.00 bits per heavy atom. The van der Waals surface area contributed by atoms with Crippen LogP contribution in [0, 0.1) is 5.92 Å². The second kappa shape index (κ2) is 20.8. The van der Waals surface area contributed by atoms with Crippen molar-refractivity contribution in [1.82, 2.24) is 25.8 Å². The molecule has 0 unspecified atom stereocenters. The summed E-state index contributed by atoms with van der Waals surface area (Å²) >= 11 is 0. The molecule has 0 fully saturated rings. The number of ether oxygens (including phenoxy) is 3. The molecule has 2 atom stereocenters. The van der Waals surface area contributed by atoms with Gasteiger partial charge in [-0.3, -0.25) is 24.0 Å². The van der Waals surface area contributed by atoms with Gasteiger partial charge in [0.1, 0.15) is 18.4 Å². The molecule has 2 aromatic rings. The second-order valence-electron chi connectivity index (χ2n) is 13.2. The molecule has 13 heteroatoms. The van der Waals surface area contributed by atoms with E-state index in [2.05, 4.69) is 16.0 Å². The molecule has 1 heterocycles. The fourth-order valence-corrected chi connectivity index (χ4v) is 5.80. The molecule has 3 N–H and O–H groups in total. The van der Waals surface area contributed by atoms with Crippen molar-refractivity contribution in [3.8, 4) is 17.2 Å². The van der Waals surface area contributed by atoms with E-state index < -0.39 is 17.9 Å².